The Labute approximate surface area is 189 Å². The van der Waals surface area contributed by atoms with Crippen LogP contribution in [0.25, 0.3) is 6.08 Å². The van der Waals surface area contributed by atoms with E-state index in [0.717, 1.165) is 11.1 Å². The summed E-state index contributed by atoms with van der Waals surface area (Å²) in [7, 11) is -0.185. The lowest BCUT2D eigenvalue weighted by molar-refractivity contribution is -0.135. The molecule has 3 rings (SSSR count). The minimum absolute atomic E-state index is 0.0113. The number of amides is 2. The predicted molar refractivity (Wildman–Crippen MR) is 125 cm³/mol. The molecule has 0 bridgehead atoms. The van der Waals surface area contributed by atoms with Gasteiger partial charge in [-0.25, -0.2) is 8.42 Å². The Morgan fingerprint density at radius 2 is 1.69 bits per heavy atom. The van der Waals surface area contributed by atoms with Gasteiger partial charge in [-0.3, -0.25) is 9.59 Å². The summed E-state index contributed by atoms with van der Waals surface area (Å²) in [6, 6.07) is 16.4. The SMILES string of the molecule is CNC(=O)c1ccc(CN(C)C(=O)C2CCN(S(=O)(=O)/C=C/c3ccccc3)CC2)cc1. The molecule has 1 N–H and O–H groups in total. The number of carbonyl (C=O) groups excluding carboxylic acids is 2. The zero-order valence-corrected chi connectivity index (χ0v) is 19.2. The zero-order chi connectivity index (χ0) is 23.1. The fourth-order valence-electron chi connectivity index (χ4n) is 3.74. The fraction of sp³-hybridized carbons (Fsp3) is 0.333. The van der Waals surface area contributed by atoms with E-state index >= 15 is 0 Å². The minimum atomic E-state index is -3.52. The molecule has 2 aromatic rings. The number of benzene rings is 2. The first-order chi connectivity index (χ1) is 15.3. The number of nitrogens with one attached hydrogen (secondary N) is 1. The maximum absolute atomic E-state index is 12.9. The molecule has 8 heteroatoms. The number of piperidine rings is 1. The van der Waals surface area contributed by atoms with Gasteiger partial charge in [-0.2, -0.15) is 4.31 Å². The highest BCUT2D eigenvalue weighted by molar-refractivity contribution is 7.92. The lowest BCUT2D eigenvalue weighted by atomic mass is 9.96. The monoisotopic (exact) mass is 455 g/mol. The molecule has 1 fully saturated rings. The van der Waals surface area contributed by atoms with Crippen molar-refractivity contribution in [3.63, 3.8) is 0 Å². The van der Waals surface area contributed by atoms with Crippen molar-refractivity contribution in [1.82, 2.24) is 14.5 Å². The number of nitrogens with zero attached hydrogens (tertiary/aromatic N) is 2. The fourth-order valence-corrected chi connectivity index (χ4v) is 4.96. The van der Waals surface area contributed by atoms with Gasteiger partial charge in [-0.15, -0.1) is 0 Å². The Morgan fingerprint density at radius 1 is 1.06 bits per heavy atom. The van der Waals surface area contributed by atoms with Crippen LogP contribution in [0.1, 0.15) is 34.3 Å². The van der Waals surface area contributed by atoms with Crippen LogP contribution in [0.15, 0.2) is 60.0 Å². The summed E-state index contributed by atoms with van der Waals surface area (Å²) in [4.78, 5) is 26.2. The van der Waals surface area contributed by atoms with Gasteiger partial charge in [-0.1, -0.05) is 42.5 Å². The minimum Gasteiger partial charge on any atom is -0.355 e. The standard InChI is InChI=1S/C24H29N3O4S/c1-25-23(28)21-10-8-20(9-11-21)18-26(2)24(29)22-12-15-27(16-13-22)32(30,31)17-14-19-6-4-3-5-7-19/h3-11,14,17,22H,12-13,15-16,18H2,1-2H3,(H,25,28)/b17-14+. The topological polar surface area (TPSA) is 86.8 Å². The van der Waals surface area contributed by atoms with Crippen molar-refractivity contribution in [2.24, 2.45) is 5.92 Å². The van der Waals surface area contributed by atoms with E-state index in [1.807, 2.05) is 42.5 Å². The van der Waals surface area contributed by atoms with Crippen molar-refractivity contribution in [3.05, 3.63) is 76.7 Å². The van der Waals surface area contributed by atoms with Gasteiger partial charge >= 0.3 is 0 Å². The first-order valence-corrected chi connectivity index (χ1v) is 12.1. The lowest BCUT2D eigenvalue weighted by Gasteiger charge is -2.32. The molecule has 0 saturated carbocycles. The second-order valence-corrected chi connectivity index (χ2v) is 9.72. The van der Waals surface area contributed by atoms with E-state index in [4.69, 9.17) is 0 Å². The third-order valence-electron chi connectivity index (χ3n) is 5.63. The highest BCUT2D eigenvalue weighted by Crippen LogP contribution is 2.23. The van der Waals surface area contributed by atoms with Crippen LogP contribution in [0.2, 0.25) is 0 Å². The molecule has 1 aliphatic rings. The molecule has 1 saturated heterocycles. The summed E-state index contributed by atoms with van der Waals surface area (Å²) >= 11 is 0. The average Bonchev–Trinajstić information content (AvgIpc) is 2.83. The number of hydrogen-bond acceptors (Lipinski definition) is 4. The van der Waals surface area contributed by atoms with E-state index in [-0.39, 0.29) is 17.7 Å². The van der Waals surface area contributed by atoms with Crippen LogP contribution in [-0.4, -0.2) is 56.6 Å². The molecule has 1 heterocycles. The van der Waals surface area contributed by atoms with E-state index in [1.54, 1.807) is 37.2 Å². The summed E-state index contributed by atoms with van der Waals surface area (Å²) in [5, 5.41) is 3.81. The second-order valence-electron chi connectivity index (χ2n) is 7.90. The Bertz CT molecular complexity index is 1060. The van der Waals surface area contributed by atoms with E-state index in [1.165, 1.54) is 9.71 Å². The van der Waals surface area contributed by atoms with Crippen LogP contribution in [0.3, 0.4) is 0 Å². The van der Waals surface area contributed by atoms with Crippen LogP contribution in [0, 0.1) is 5.92 Å². The smallest absolute Gasteiger partial charge is 0.251 e. The largest absolute Gasteiger partial charge is 0.355 e. The van der Waals surface area contributed by atoms with Gasteiger partial charge in [0.1, 0.15) is 0 Å². The molecular weight excluding hydrogens is 426 g/mol. The quantitative estimate of drug-likeness (QED) is 0.696. The highest BCUT2D eigenvalue weighted by atomic mass is 32.2. The summed E-state index contributed by atoms with van der Waals surface area (Å²) in [5.41, 5.74) is 2.32. The molecule has 0 aliphatic carbocycles. The summed E-state index contributed by atoms with van der Waals surface area (Å²) < 4.78 is 26.7. The molecule has 0 radical (unpaired) electrons. The Hall–Kier alpha value is -2.97. The normalized spacial score (nSPS) is 15.6. The van der Waals surface area contributed by atoms with Crippen LogP contribution in [-0.2, 0) is 21.4 Å². The highest BCUT2D eigenvalue weighted by Gasteiger charge is 2.31. The molecule has 7 nitrogen and oxygen atoms in total. The number of hydrogen-bond donors (Lipinski definition) is 1. The van der Waals surface area contributed by atoms with E-state index < -0.39 is 10.0 Å². The molecule has 0 spiro atoms. The Kier molecular flexibility index (Phi) is 7.82. The van der Waals surface area contributed by atoms with Crippen molar-refractivity contribution in [1.29, 1.82) is 0 Å². The maximum Gasteiger partial charge on any atom is 0.251 e. The van der Waals surface area contributed by atoms with E-state index in [0.29, 0.717) is 38.0 Å². The second kappa shape index (κ2) is 10.6. The van der Waals surface area contributed by atoms with Gasteiger partial charge in [0.15, 0.2) is 0 Å². The van der Waals surface area contributed by atoms with Gasteiger partial charge < -0.3 is 10.2 Å². The number of carbonyl (C=O) groups is 2. The molecule has 0 atom stereocenters. The molecule has 32 heavy (non-hydrogen) atoms. The van der Waals surface area contributed by atoms with Gasteiger partial charge in [0.2, 0.25) is 15.9 Å². The van der Waals surface area contributed by atoms with E-state index in [9.17, 15) is 18.0 Å². The summed E-state index contributed by atoms with van der Waals surface area (Å²) in [6.07, 6.45) is 2.59. The average molecular weight is 456 g/mol. The van der Waals surface area contributed by atoms with Gasteiger partial charge in [0.05, 0.1) is 0 Å². The van der Waals surface area contributed by atoms with Crippen molar-refractivity contribution >= 4 is 27.9 Å². The number of rotatable bonds is 7. The summed E-state index contributed by atoms with van der Waals surface area (Å²) in [6.45, 7) is 1.09. The molecular formula is C24H29N3O4S. The predicted octanol–water partition coefficient (Wildman–Crippen LogP) is 2.72. The van der Waals surface area contributed by atoms with Crippen molar-refractivity contribution in [2.45, 2.75) is 19.4 Å². The zero-order valence-electron chi connectivity index (χ0n) is 18.4. The molecule has 0 aromatic heterocycles. The van der Waals surface area contributed by atoms with Gasteiger partial charge in [0, 0.05) is 50.6 Å². The van der Waals surface area contributed by atoms with Gasteiger partial charge in [-0.05, 0) is 42.2 Å². The van der Waals surface area contributed by atoms with Crippen LogP contribution in [0.4, 0.5) is 0 Å². The summed E-state index contributed by atoms with van der Waals surface area (Å²) in [5.74, 6) is -0.340. The number of sulfonamides is 1. The maximum atomic E-state index is 12.9. The van der Waals surface area contributed by atoms with Crippen molar-refractivity contribution in [2.75, 3.05) is 27.2 Å². The Balaban J connectivity index is 1.53. The van der Waals surface area contributed by atoms with Crippen molar-refractivity contribution in [3.8, 4) is 0 Å². The van der Waals surface area contributed by atoms with Crippen molar-refractivity contribution < 1.29 is 18.0 Å². The van der Waals surface area contributed by atoms with Gasteiger partial charge in [0.25, 0.3) is 5.91 Å². The molecule has 170 valence electrons. The third kappa shape index (κ3) is 6.05. The van der Waals surface area contributed by atoms with Crippen LogP contribution >= 0.6 is 0 Å². The molecule has 1 aliphatic heterocycles. The first-order valence-electron chi connectivity index (χ1n) is 10.6. The first kappa shape index (κ1) is 23.7. The molecule has 0 unspecified atom stereocenters. The van der Waals surface area contributed by atoms with Crippen LogP contribution in [0.5, 0.6) is 0 Å². The molecule has 2 aromatic carbocycles. The van der Waals surface area contributed by atoms with E-state index in [2.05, 4.69) is 5.32 Å². The lowest BCUT2D eigenvalue weighted by Crippen LogP contribution is -2.42. The third-order valence-corrected chi connectivity index (χ3v) is 7.20. The molecule has 2 amide bonds. The van der Waals surface area contributed by atoms with Crippen LogP contribution < -0.4 is 5.32 Å². The Morgan fingerprint density at radius 3 is 2.28 bits per heavy atom.